The van der Waals surface area contributed by atoms with Gasteiger partial charge in [-0.25, -0.2) is 0 Å². The lowest BCUT2D eigenvalue weighted by molar-refractivity contribution is 0.133. The summed E-state index contributed by atoms with van der Waals surface area (Å²) in [5.41, 5.74) is 1.84. The van der Waals surface area contributed by atoms with E-state index in [0.29, 0.717) is 18.6 Å². The van der Waals surface area contributed by atoms with Crippen LogP contribution >= 0.6 is 0 Å². The fourth-order valence-electron chi connectivity index (χ4n) is 3.10. The van der Waals surface area contributed by atoms with Crippen LogP contribution in [-0.2, 0) is 6.42 Å². The first-order valence-electron chi connectivity index (χ1n) is 6.84. The smallest absolute Gasteiger partial charge is 0.161 e. The maximum atomic E-state index is 5.65. The highest BCUT2D eigenvalue weighted by Gasteiger charge is 2.36. The van der Waals surface area contributed by atoms with Crippen molar-refractivity contribution in [3.05, 3.63) is 23.8 Å². The Morgan fingerprint density at radius 1 is 1.17 bits per heavy atom. The van der Waals surface area contributed by atoms with Crippen molar-refractivity contribution in [3.8, 4) is 11.5 Å². The van der Waals surface area contributed by atoms with E-state index in [1.807, 2.05) is 7.05 Å². The predicted octanol–water partition coefficient (Wildman–Crippen LogP) is 2.39. The van der Waals surface area contributed by atoms with Crippen molar-refractivity contribution in [2.45, 2.75) is 25.7 Å². The second-order valence-corrected chi connectivity index (χ2v) is 5.54. The number of rotatable bonds is 4. The van der Waals surface area contributed by atoms with Crippen LogP contribution in [0.1, 0.15) is 24.8 Å². The largest absolute Gasteiger partial charge is 0.486 e. The molecule has 1 N–H and O–H groups in total. The van der Waals surface area contributed by atoms with Gasteiger partial charge in [0.05, 0.1) is 0 Å². The van der Waals surface area contributed by atoms with Gasteiger partial charge in [0.2, 0.25) is 0 Å². The van der Waals surface area contributed by atoms with Gasteiger partial charge in [-0.05, 0) is 49.4 Å². The van der Waals surface area contributed by atoms with E-state index in [4.69, 9.17) is 9.47 Å². The molecule has 0 aromatic heterocycles. The lowest BCUT2D eigenvalue weighted by Crippen LogP contribution is -2.40. The molecule has 3 rings (SSSR count). The molecule has 0 amide bonds. The highest BCUT2D eigenvalue weighted by atomic mass is 16.6. The van der Waals surface area contributed by atoms with Crippen molar-refractivity contribution < 1.29 is 9.47 Å². The normalized spacial score (nSPS) is 20.3. The Morgan fingerprint density at radius 3 is 2.61 bits per heavy atom. The molecule has 0 atom stereocenters. The molecule has 1 aromatic carbocycles. The van der Waals surface area contributed by atoms with Crippen molar-refractivity contribution >= 4 is 0 Å². The molecule has 0 unspecified atom stereocenters. The van der Waals surface area contributed by atoms with Gasteiger partial charge in [-0.15, -0.1) is 0 Å². The minimum atomic E-state index is 0.471. The quantitative estimate of drug-likeness (QED) is 0.886. The molecule has 0 radical (unpaired) electrons. The van der Waals surface area contributed by atoms with E-state index in [0.717, 1.165) is 24.5 Å². The second-order valence-electron chi connectivity index (χ2n) is 5.54. The predicted molar refractivity (Wildman–Crippen MR) is 71.3 cm³/mol. The van der Waals surface area contributed by atoms with Gasteiger partial charge in [-0.1, -0.05) is 12.5 Å². The molecule has 2 aliphatic rings. The fraction of sp³-hybridized carbons (Fsp3) is 0.600. The number of hydrogen-bond acceptors (Lipinski definition) is 3. The van der Waals surface area contributed by atoms with Gasteiger partial charge in [0.25, 0.3) is 0 Å². The average molecular weight is 247 g/mol. The lowest BCUT2D eigenvalue weighted by atomic mass is 9.65. The van der Waals surface area contributed by atoms with Gasteiger partial charge in [0.15, 0.2) is 11.5 Å². The fourth-order valence-corrected chi connectivity index (χ4v) is 3.10. The van der Waals surface area contributed by atoms with Gasteiger partial charge in [-0.3, -0.25) is 0 Å². The second kappa shape index (κ2) is 4.81. The van der Waals surface area contributed by atoms with Crippen molar-refractivity contribution in [1.82, 2.24) is 5.32 Å². The molecule has 1 fully saturated rings. The maximum absolute atomic E-state index is 5.65. The van der Waals surface area contributed by atoms with Crippen LogP contribution in [0, 0.1) is 5.41 Å². The van der Waals surface area contributed by atoms with Crippen molar-refractivity contribution in [2.24, 2.45) is 5.41 Å². The molecular weight excluding hydrogens is 226 g/mol. The topological polar surface area (TPSA) is 30.5 Å². The average Bonchev–Trinajstić information content (AvgIpc) is 2.36. The summed E-state index contributed by atoms with van der Waals surface area (Å²) in [4.78, 5) is 0. The summed E-state index contributed by atoms with van der Waals surface area (Å²) in [5, 5.41) is 3.34. The number of nitrogens with one attached hydrogen (secondary N) is 1. The van der Waals surface area contributed by atoms with Crippen molar-refractivity contribution in [2.75, 3.05) is 26.8 Å². The van der Waals surface area contributed by atoms with Gasteiger partial charge in [0.1, 0.15) is 13.2 Å². The zero-order valence-electron chi connectivity index (χ0n) is 11.0. The van der Waals surface area contributed by atoms with Crippen LogP contribution in [0.4, 0.5) is 0 Å². The molecule has 0 bridgehead atoms. The third kappa shape index (κ3) is 2.19. The first-order valence-corrected chi connectivity index (χ1v) is 6.84. The Balaban J connectivity index is 1.76. The Bertz CT molecular complexity index is 427. The van der Waals surface area contributed by atoms with Crippen LogP contribution in [0.2, 0.25) is 0 Å². The Kier molecular flexibility index (Phi) is 3.16. The van der Waals surface area contributed by atoms with Gasteiger partial charge in [-0.2, -0.15) is 0 Å². The zero-order valence-corrected chi connectivity index (χ0v) is 11.0. The van der Waals surface area contributed by atoms with E-state index >= 15 is 0 Å². The number of fused-ring (bicyclic) bond motifs is 1. The minimum Gasteiger partial charge on any atom is -0.486 e. The van der Waals surface area contributed by atoms with Crippen molar-refractivity contribution in [1.29, 1.82) is 0 Å². The van der Waals surface area contributed by atoms with Gasteiger partial charge in [0, 0.05) is 6.54 Å². The molecule has 1 aliphatic carbocycles. The Hall–Kier alpha value is -1.22. The summed E-state index contributed by atoms with van der Waals surface area (Å²) in [7, 11) is 2.05. The first kappa shape index (κ1) is 11.8. The summed E-state index contributed by atoms with van der Waals surface area (Å²) in [6.07, 6.45) is 5.18. The van der Waals surface area contributed by atoms with E-state index < -0.39 is 0 Å². The molecule has 1 saturated carbocycles. The first-order chi connectivity index (χ1) is 8.81. The summed E-state index contributed by atoms with van der Waals surface area (Å²) >= 11 is 0. The standard InChI is InChI=1S/C15H21NO2/c1-16-11-15(5-2-6-15)10-12-3-4-13-14(9-12)18-8-7-17-13/h3-4,9,16H,2,5-8,10-11H2,1H3. The third-order valence-corrected chi connectivity index (χ3v) is 4.15. The summed E-state index contributed by atoms with van der Waals surface area (Å²) in [6, 6.07) is 6.39. The van der Waals surface area contributed by atoms with Crippen LogP contribution in [0.3, 0.4) is 0 Å². The molecule has 3 nitrogen and oxygen atoms in total. The van der Waals surface area contributed by atoms with E-state index in [1.54, 1.807) is 0 Å². The highest BCUT2D eigenvalue weighted by Crippen LogP contribution is 2.44. The molecule has 1 heterocycles. The molecule has 0 spiro atoms. The van der Waals surface area contributed by atoms with Crippen LogP contribution < -0.4 is 14.8 Å². The Labute approximate surface area is 108 Å². The van der Waals surface area contributed by atoms with Gasteiger partial charge >= 0.3 is 0 Å². The van der Waals surface area contributed by atoms with Crippen LogP contribution in [0.15, 0.2) is 18.2 Å². The third-order valence-electron chi connectivity index (χ3n) is 4.15. The Morgan fingerprint density at radius 2 is 1.94 bits per heavy atom. The molecule has 1 aromatic rings. The molecule has 18 heavy (non-hydrogen) atoms. The van der Waals surface area contributed by atoms with E-state index in [1.165, 1.54) is 24.8 Å². The molecule has 3 heteroatoms. The van der Waals surface area contributed by atoms with Crippen LogP contribution in [0.5, 0.6) is 11.5 Å². The maximum Gasteiger partial charge on any atom is 0.161 e. The number of hydrogen-bond donors (Lipinski definition) is 1. The molecule has 98 valence electrons. The SMILES string of the molecule is CNCC1(Cc2ccc3c(c2)OCCO3)CCC1. The monoisotopic (exact) mass is 247 g/mol. The minimum absolute atomic E-state index is 0.471. The molecule has 0 saturated heterocycles. The van der Waals surface area contributed by atoms with Crippen molar-refractivity contribution in [3.63, 3.8) is 0 Å². The number of ether oxygens (including phenoxy) is 2. The van der Waals surface area contributed by atoms with E-state index in [9.17, 15) is 0 Å². The number of benzene rings is 1. The van der Waals surface area contributed by atoms with Gasteiger partial charge < -0.3 is 14.8 Å². The zero-order chi connectivity index (χ0) is 12.4. The van der Waals surface area contributed by atoms with Crippen LogP contribution in [-0.4, -0.2) is 26.8 Å². The summed E-state index contributed by atoms with van der Waals surface area (Å²) in [5.74, 6) is 1.80. The summed E-state index contributed by atoms with van der Waals surface area (Å²) in [6.45, 7) is 2.44. The molecular formula is C15H21NO2. The van der Waals surface area contributed by atoms with E-state index in [-0.39, 0.29) is 0 Å². The highest BCUT2D eigenvalue weighted by molar-refractivity contribution is 5.44. The van der Waals surface area contributed by atoms with Crippen LogP contribution in [0.25, 0.3) is 0 Å². The summed E-state index contributed by atoms with van der Waals surface area (Å²) < 4.78 is 11.2. The molecule has 1 aliphatic heterocycles. The van der Waals surface area contributed by atoms with E-state index in [2.05, 4.69) is 23.5 Å². The lowest BCUT2D eigenvalue weighted by Gasteiger charge is -2.42.